The lowest BCUT2D eigenvalue weighted by Gasteiger charge is -1.95. The first-order chi connectivity index (χ1) is 5.90. The van der Waals surface area contributed by atoms with Gasteiger partial charge in [0.2, 0.25) is 0 Å². The van der Waals surface area contributed by atoms with E-state index in [2.05, 4.69) is 4.98 Å². The number of benzene rings is 1. The maximum Gasteiger partial charge on any atom is 0.168 e. The summed E-state index contributed by atoms with van der Waals surface area (Å²) in [6.45, 7) is 0. The molecule has 0 aliphatic carbocycles. The van der Waals surface area contributed by atoms with E-state index < -0.39 is 0 Å². The zero-order valence-electron chi connectivity index (χ0n) is 6.81. The van der Waals surface area contributed by atoms with E-state index in [9.17, 15) is 4.79 Å². The molecule has 0 aliphatic rings. The number of hydrogen-bond acceptors (Lipinski definition) is 2. The zero-order valence-corrected chi connectivity index (χ0v) is 7.62. The van der Waals surface area contributed by atoms with Crippen molar-refractivity contribution in [3.05, 3.63) is 42.1 Å². The summed E-state index contributed by atoms with van der Waals surface area (Å²) in [4.78, 5) is 14.5. The molecular formula is C10H8ClNO. The van der Waals surface area contributed by atoms with Crippen LogP contribution in [0.4, 0.5) is 0 Å². The second-order valence-electron chi connectivity index (χ2n) is 2.55. The molecule has 0 amide bonds. The number of pyridine rings is 1. The summed E-state index contributed by atoms with van der Waals surface area (Å²) in [7, 11) is 0. The number of carbonyl (C=O) groups excluding carboxylic acids is 1. The Bertz CT molecular complexity index is 428. The van der Waals surface area contributed by atoms with Crippen molar-refractivity contribution in [1.82, 2.24) is 4.98 Å². The molecule has 0 N–H and O–H groups in total. The summed E-state index contributed by atoms with van der Waals surface area (Å²) in [5, 5.41) is 1.06. The third-order valence-electron chi connectivity index (χ3n) is 1.74. The highest BCUT2D eigenvalue weighted by Crippen LogP contribution is 2.10. The minimum absolute atomic E-state index is 0. The largest absolute Gasteiger partial charge is 0.296 e. The lowest BCUT2D eigenvalue weighted by molar-refractivity contribution is 0.111. The van der Waals surface area contributed by atoms with Gasteiger partial charge in [-0.1, -0.05) is 24.3 Å². The van der Waals surface area contributed by atoms with Crippen molar-refractivity contribution in [2.75, 3.05) is 0 Å². The average Bonchev–Trinajstić information content (AvgIpc) is 2.17. The minimum atomic E-state index is 0. The second-order valence-corrected chi connectivity index (χ2v) is 2.55. The molecule has 0 bridgehead atoms. The molecular weight excluding hydrogens is 186 g/mol. The van der Waals surface area contributed by atoms with Crippen LogP contribution >= 0.6 is 12.4 Å². The van der Waals surface area contributed by atoms with E-state index in [4.69, 9.17) is 0 Å². The molecule has 0 spiro atoms. The Labute approximate surface area is 82.0 Å². The number of fused-ring (bicyclic) bond motifs is 1. The summed E-state index contributed by atoms with van der Waals surface area (Å²) < 4.78 is 0. The Morgan fingerprint density at radius 3 is 2.62 bits per heavy atom. The molecule has 1 aromatic heterocycles. The van der Waals surface area contributed by atoms with Crippen molar-refractivity contribution >= 4 is 29.6 Å². The van der Waals surface area contributed by atoms with Crippen LogP contribution in [-0.4, -0.2) is 11.3 Å². The average molecular weight is 194 g/mol. The van der Waals surface area contributed by atoms with Crippen LogP contribution in [0.3, 0.4) is 0 Å². The smallest absolute Gasteiger partial charge is 0.168 e. The van der Waals surface area contributed by atoms with Gasteiger partial charge in [-0.3, -0.25) is 4.79 Å². The number of aldehydes is 1. The van der Waals surface area contributed by atoms with Gasteiger partial charge in [-0.05, 0) is 12.1 Å². The molecule has 1 heterocycles. The number of rotatable bonds is 1. The van der Waals surface area contributed by atoms with Gasteiger partial charge >= 0.3 is 0 Å². The van der Waals surface area contributed by atoms with Gasteiger partial charge in [-0.25, -0.2) is 4.98 Å². The van der Waals surface area contributed by atoms with E-state index in [-0.39, 0.29) is 12.4 Å². The molecule has 66 valence electrons. The van der Waals surface area contributed by atoms with Gasteiger partial charge in [-0.2, -0.15) is 0 Å². The lowest BCUT2D eigenvalue weighted by Crippen LogP contribution is -1.85. The first-order valence-corrected chi connectivity index (χ1v) is 3.71. The standard InChI is InChI=1S/C10H7NO.ClH/c12-7-9-6-5-8-3-1-2-4-10(8)11-9;/h1-7H;1H. The molecule has 0 saturated carbocycles. The van der Waals surface area contributed by atoms with Crippen LogP contribution in [0.2, 0.25) is 0 Å². The summed E-state index contributed by atoms with van der Waals surface area (Å²) in [6.07, 6.45) is 0.756. The van der Waals surface area contributed by atoms with Gasteiger partial charge in [0, 0.05) is 5.39 Å². The van der Waals surface area contributed by atoms with Gasteiger partial charge in [0.15, 0.2) is 6.29 Å². The number of aromatic nitrogens is 1. The van der Waals surface area contributed by atoms with Crippen molar-refractivity contribution in [2.24, 2.45) is 0 Å². The molecule has 2 nitrogen and oxygen atoms in total. The van der Waals surface area contributed by atoms with Crippen molar-refractivity contribution in [2.45, 2.75) is 0 Å². The van der Waals surface area contributed by atoms with Crippen molar-refractivity contribution in [1.29, 1.82) is 0 Å². The van der Waals surface area contributed by atoms with Gasteiger partial charge in [-0.15, -0.1) is 12.4 Å². The Hall–Kier alpha value is -1.41. The molecule has 2 rings (SSSR count). The zero-order chi connectivity index (χ0) is 8.39. The van der Waals surface area contributed by atoms with Crippen LogP contribution in [0.15, 0.2) is 36.4 Å². The van der Waals surface area contributed by atoms with E-state index in [0.29, 0.717) is 5.69 Å². The maximum absolute atomic E-state index is 10.4. The number of carbonyl (C=O) groups is 1. The summed E-state index contributed by atoms with van der Waals surface area (Å²) in [6, 6.07) is 11.3. The van der Waals surface area contributed by atoms with Crippen LogP contribution in [0, 0.1) is 0 Å². The monoisotopic (exact) mass is 193 g/mol. The lowest BCUT2D eigenvalue weighted by atomic mass is 10.2. The Balaban J connectivity index is 0.000000845. The molecule has 2 aromatic rings. The highest BCUT2D eigenvalue weighted by Gasteiger charge is 1.94. The summed E-state index contributed by atoms with van der Waals surface area (Å²) in [5.74, 6) is 0. The highest BCUT2D eigenvalue weighted by molar-refractivity contribution is 5.85. The number of nitrogens with zero attached hydrogens (tertiary/aromatic N) is 1. The quantitative estimate of drug-likeness (QED) is 0.652. The third kappa shape index (κ3) is 1.84. The predicted octanol–water partition coefficient (Wildman–Crippen LogP) is 2.47. The fourth-order valence-corrected chi connectivity index (χ4v) is 1.15. The van der Waals surface area contributed by atoms with E-state index in [1.807, 2.05) is 30.3 Å². The van der Waals surface area contributed by atoms with E-state index in [1.54, 1.807) is 6.07 Å². The Morgan fingerprint density at radius 2 is 1.85 bits per heavy atom. The Morgan fingerprint density at radius 1 is 1.08 bits per heavy atom. The minimum Gasteiger partial charge on any atom is -0.296 e. The summed E-state index contributed by atoms with van der Waals surface area (Å²) in [5.41, 5.74) is 1.34. The highest BCUT2D eigenvalue weighted by atomic mass is 35.5. The molecule has 0 aliphatic heterocycles. The topological polar surface area (TPSA) is 30.0 Å². The van der Waals surface area contributed by atoms with Gasteiger partial charge in [0.05, 0.1) is 5.52 Å². The van der Waals surface area contributed by atoms with Crippen LogP contribution in [0.1, 0.15) is 10.5 Å². The van der Waals surface area contributed by atoms with E-state index in [0.717, 1.165) is 17.2 Å². The molecule has 13 heavy (non-hydrogen) atoms. The van der Waals surface area contributed by atoms with Crippen molar-refractivity contribution in [3.8, 4) is 0 Å². The van der Waals surface area contributed by atoms with E-state index >= 15 is 0 Å². The van der Waals surface area contributed by atoms with Crippen LogP contribution < -0.4 is 0 Å². The first-order valence-electron chi connectivity index (χ1n) is 3.71. The second kappa shape index (κ2) is 4.01. The molecule has 0 radical (unpaired) electrons. The number of halogens is 1. The SMILES string of the molecule is Cl.O=Cc1ccc2ccccc2n1. The fraction of sp³-hybridized carbons (Fsp3) is 0. The molecule has 1 aromatic carbocycles. The maximum atomic E-state index is 10.4. The third-order valence-corrected chi connectivity index (χ3v) is 1.74. The molecule has 0 unspecified atom stereocenters. The number of para-hydroxylation sites is 1. The fourth-order valence-electron chi connectivity index (χ4n) is 1.15. The molecule has 0 saturated heterocycles. The van der Waals surface area contributed by atoms with Crippen molar-refractivity contribution < 1.29 is 4.79 Å². The first kappa shape index (κ1) is 9.68. The van der Waals surface area contributed by atoms with Crippen LogP contribution in [0.25, 0.3) is 10.9 Å². The van der Waals surface area contributed by atoms with Crippen LogP contribution in [0.5, 0.6) is 0 Å². The predicted molar refractivity (Wildman–Crippen MR) is 54.4 cm³/mol. The molecule has 0 atom stereocenters. The summed E-state index contributed by atoms with van der Waals surface area (Å²) >= 11 is 0. The van der Waals surface area contributed by atoms with Crippen molar-refractivity contribution in [3.63, 3.8) is 0 Å². The Kier molecular flexibility index (Phi) is 2.98. The van der Waals surface area contributed by atoms with E-state index in [1.165, 1.54) is 0 Å². The van der Waals surface area contributed by atoms with Gasteiger partial charge in [0.25, 0.3) is 0 Å². The van der Waals surface area contributed by atoms with Gasteiger partial charge < -0.3 is 0 Å². The molecule has 3 heteroatoms. The number of hydrogen-bond donors (Lipinski definition) is 0. The molecule has 0 fully saturated rings. The van der Waals surface area contributed by atoms with Gasteiger partial charge in [0.1, 0.15) is 5.69 Å². The normalized spacial score (nSPS) is 9.23. The van der Waals surface area contributed by atoms with Crippen LogP contribution in [-0.2, 0) is 0 Å².